The molecule has 4 N–H and O–H groups in total. The summed E-state index contributed by atoms with van der Waals surface area (Å²) in [5, 5.41) is 17.3. The van der Waals surface area contributed by atoms with Gasteiger partial charge in [-0.3, -0.25) is 10.00 Å². The van der Waals surface area contributed by atoms with Crippen LogP contribution in [-0.2, 0) is 17.5 Å². The maximum Gasteiger partial charge on any atom is 0.122 e. The van der Waals surface area contributed by atoms with Gasteiger partial charge in [0.15, 0.2) is 0 Å². The largest absolute Gasteiger partial charge is 0.381 e. The predicted octanol–water partition coefficient (Wildman–Crippen LogP) is 2.62. The molecular weight excluding hydrogens is 346 g/mol. The second kappa shape index (κ2) is 7.57. The van der Waals surface area contributed by atoms with E-state index in [0.29, 0.717) is 10.9 Å². The summed E-state index contributed by atoms with van der Waals surface area (Å²) in [7, 11) is -1.43. The number of piperidine rings is 1. The van der Waals surface area contributed by atoms with E-state index in [-0.39, 0.29) is 0 Å². The number of hydrogen-bond acceptors (Lipinski definition) is 4. The number of anilines is 1. The summed E-state index contributed by atoms with van der Waals surface area (Å²) in [5.74, 6) is 0. The van der Waals surface area contributed by atoms with Gasteiger partial charge in [-0.05, 0) is 55.3 Å². The van der Waals surface area contributed by atoms with Crippen molar-refractivity contribution in [2.24, 2.45) is 5.14 Å². The van der Waals surface area contributed by atoms with Gasteiger partial charge in [0.2, 0.25) is 0 Å². The highest BCUT2D eigenvalue weighted by atomic mass is 32.2. The van der Waals surface area contributed by atoms with Crippen molar-refractivity contribution in [3.63, 3.8) is 0 Å². The van der Waals surface area contributed by atoms with Crippen molar-refractivity contribution in [3.05, 3.63) is 54.2 Å². The lowest BCUT2D eigenvalue weighted by Gasteiger charge is -2.33. The molecule has 1 aliphatic rings. The topological polar surface area (TPSA) is 87.0 Å². The van der Waals surface area contributed by atoms with Crippen LogP contribution in [-0.4, -0.2) is 38.4 Å². The summed E-state index contributed by atoms with van der Waals surface area (Å²) >= 11 is 0. The van der Waals surface area contributed by atoms with E-state index in [4.69, 9.17) is 5.14 Å². The van der Waals surface area contributed by atoms with Crippen LogP contribution in [0.2, 0.25) is 0 Å². The van der Waals surface area contributed by atoms with Crippen molar-refractivity contribution >= 4 is 27.6 Å². The molecule has 2 unspecified atom stereocenters. The van der Waals surface area contributed by atoms with Crippen LogP contribution in [0.4, 0.5) is 5.69 Å². The van der Waals surface area contributed by atoms with Crippen LogP contribution in [0.3, 0.4) is 0 Å². The third kappa shape index (κ3) is 3.95. The van der Waals surface area contributed by atoms with E-state index in [9.17, 15) is 4.21 Å². The van der Waals surface area contributed by atoms with Crippen molar-refractivity contribution < 1.29 is 4.21 Å². The molecule has 136 valence electrons. The molecule has 2 aromatic carbocycles. The fourth-order valence-electron chi connectivity index (χ4n) is 3.61. The summed E-state index contributed by atoms with van der Waals surface area (Å²) in [5.41, 5.74) is 3.34. The molecule has 7 heteroatoms. The van der Waals surface area contributed by atoms with Crippen molar-refractivity contribution in [1.29, 1.82) is 0 Å². The Balaban J connectivity index is 1.40. The normalized spacial score (nSPS) is 19.5. The Bertz CT molecular complexity index is 925. The summed E-state index contributed by atoms with van der Waals surface area (Å²) in [6.07, 6.45) is 4.17. The maximum atomic E-state index is 11.5. The zero-order valence-electron chi connectivity index (χ0n) is 14.5. The van der Waals surface area contributed by atoms with Crippen LogP contribution in [0.5, 0.6) is 0 Å². The van der Waals surface area contributed by atoms with Crippen molar-refractivity contribution in [1.82, 2.24) is 15.1 Å². The maximum absolute atomic E-state index is 11.5. The lowest BCUT2D eigenvalue weighted by atomic mass is 10.0. The zero-order chi connectivity index (χ0) is 17.9. The van der Waals surface area contributed by atoms with Gasteiger partial charge in [-0.1, -0.05) is 12.1 Å². The molecule has 1 aromatic heterocycles. The van der Waals surface area contributed by atoms with Crippen molar-refractivity contribution in [3.8, 4) is 0 Å². The summed E-state index contributed by atoms with van der Waals surface area (Å²) in [4.78, 5) is 3.12. The second-order valence-electron chi connectivity index (χ2n) is 6.84. The van der Waals surface area contributed by atoms with Crippen molar-refractivity contribution in [2.45, 2.75) is 30.3 Å². The number of aromatic amines is 1. The van der Waals surface area contributed by atoms with E-state index in [1.165, 1.54) is 0 Å². The second-order valence-corrected chi connectivity index (χ2v) is 7.90. The van der Waals surface area contributed by atoms with Gasteiger partial charge in [0.25, 0.3) is 0 Å². The van der Waals surface area contributed by atoms with E-state index >= 15 is 0 Å². The number of H-pyrrole nitrogens is 1. The van der Waals surface area contributed by atoms with Crippen LogP contribution in [0.1, 0.15) is 18.4 Å². The number of benzene rings is 2. The number of nitrogens with zero attached hydrogens (tertiary/aromatic N) is 2. The Morgan fingerprint density at radius 3 is 3.12 bits per heavy atom. The molecule has 1 aliphatic heterocycles. The molecule has 4 rings (SSSR count). The molecule has 26 heavy (non-hydrogen) atoms. The van der Waals surface area contributed by atoms with Gasteiger partial charge in [0.05, 0.1) is 16.6 Å². The number of nitrogens with one attached hydrogen (secondary N) is 2. The van der Waals surface area contributed by atoms with E-state index < -0.39 is 11.0 Å². The Morgan fingerprint density at radius 2 is 2.23 bits per heavy atom. The third-order valence-corrected chi connectivity index (χ3v) is 5.57. The first-order chi connectivity index (χ1) is 12.7. The molecule has 0 bridgehead atoms. The van der Waals surface area contributed by atoms with Crippen LogP contribution in [0.15, 0.2) is 53.6 Å². The van der Waals surface area contributed by atoms with Gasteiger partial charge >= 0.3 is 0 Å². The fraction of sp³-hybridized carbons (Fsp3) is 0.316. The van der Waals surface area contributed by atoms with Crippen LogP contribution in [0, 0.1) is 0 Å². The molecule has 2 heterocycles. The fourth-order valence-corrected chi connectivity index (χ4v) is 4.09. The first-order valence-electron chi connectivity index (χ1n) is 8.84. The van der Waals surface area contributed by atoms with E-state index in [1.807, 2.05) is 24.4 Å². The first-order valence-corrected chi connectivity index (χ1v) is 10.1. The van der Waals surface area contributed by atoms with E-state index in [2.05, 4.69) is 44.7 Å². The van der Waals surface area contributed by atoms with Gasteiger partial charge in [-0.15, -0.1) is 0 Å². The molecule has 0 spiro atoms. The molecule has 3 aromatic rings. The molecule has 0 saturated carbocycles. The lowest BCUT2D eigenvalue weighted by Crippen LogP contribution is -2.41. The minimum Gasteiger partial charge on any atom is -0.381 e. The zero-order valence-corrected chi connectivity index (χ0v) is 15.3. The summed E-state index contributed by atoms with van der Waals surface area (Å²) in [6.45, 7) is 2.91. The highest BCUT2D eigenvalue weighted by Crippen LogP contribution is 2.21. The van der Waals surface area contributed by atoms with Crippen molar-refractivity contribution in [2.75, 3.05) is 18.4 Å². The quantitative estimate of drug-likeness (QED) is 0.645. The van der Waals surface area contributed by atoms with E-state index in [0.717, 1.165) is 54.6 Å². The van der Waals surface area contributed by atoms with Crippen LogP contribution in [0.25, 0.3) is 10.9 Å². The Hall–Kier alpha value is -2.22. The number of nitrogens with two attached hydrogens (primary N) is 1. The Kier molecular flexibility index (Phi) is 5.01. The molecule has 1 saturated heterocycles. The molecular formula is C19H23N5OS. The van der Waals surface area contributed by atoms with Gasteiger partial charge in [-0.25, -0.2) is 9.35 Å². The number of aromatic nitrogens is 2. The Labute approximate surface area is 155 Å². The molecule has 0 radical (unpaired) electrons. The minimum absolute atomic E-state index is 0.417. The predicted molar refractivity (Wildman–Crippen MR) is 105 cm³/mol. The number of rotatable bonds is 5. The highest BCUT2D eigenvalue weighted by Gasteiger charge is 2.20. The van der Waals surface area contributed by atoms with Crippen LogP contribution < -0.4 is 10.5 Å². The average molecular weight is 369 g/mol. The Morgan fingerprint density at radius 1 is 1.31 bits per heavy atom. The van der Waals surface area contributed by atoms with Gasteiger partial charge in [0, 0.05) is 30.2 Å². The third-order valence-electron chi connectivity index (χ3n) is 4.85. The average Bonchev–Trinajstić information content (AvgIpc) is 3.10. The molecule has 2 atom stereocenters. The van der Waals surface area contributed by atoms with Gasteiger partial charge in [-0.2, -0.15) is 5.10 Å². The minimum atomic E-state index is -1.43. The van der Waals surface area contributed by atoms with Gasteiger partial charge < -0.3 is 5.32 Å². The monoisotopic (exact) mass is 369 g/mol. The first kappa shape index (κ1) is 17.2. The molecule has 0 amide bonds. The molecule has 6 nitrogen and oxygen atoms in total. The standard InChI is InChI=1S/C19H23N5OS/c20-26(25)18-5-1-3-14(9-18)12-24-8-2-4-17(13-24)22-16-6-7-19-15(10-16)11-21-23-19/h1,3,5-7,9-11,17,22H,2,4,8,12-13,20H2,(H,21,23). The summed E-state index contributed by atoms with van der Waals surface area (Å²) < 4.78 is 11.5. The van der Waals surface area contributed by atoms with E-state index in [1.54, 1.807) is 0 Å². The van der Waals surface area contributed by atoms with Gasteiger partial charge in [0.1, 0.15) is 11.0 Å². The lowest BCUT2D eigenvalue weighted by molar-refractivity contribution is 0.208. The SMILES string of the molecule is NS(=O)c1cccc(CN2CCCC(Nc3ccc4[nH]ncc4c3)C2)c1. The molecule has 1 fully saturated rings. The van der Waals surface area contributed by atoms with Crippen LogP contribution >= 0.6 is 0 Å². The molecule has 0 aliphatic carbocycles. The number of hydrogen-bond donors (Lipinski definition) is 3. The number of likely N-dealkylation sites (tertiary alicyclic amines) is 1. The highest BCUT2D eigenvalue weighted by molar-refractivity contribution is 7.82. The summed E-state index contributed by atoms with van der Waals surface area (Å²) in [6, 6.07) is 14.5. The number of fused-ring (bicyclic) bond motifs is 1. The smallest absolute Gasteiger partial charge is 0.122 e.